The Morgan fingerprint density at radius 1 is 1.39 bits per heavy atom. The van der Waals surface area contributed by atoms with E-state index >= 15 is 0 Å². The van der Waals surface area contributed by atoms with E-state index < -0.39 is 0 Å². The van der Waals surface area contributed by atoms with Crippen LogP contribution >= 0.6 is 0 Å². The summed E-state index contributed by atoms with van der Waals surface area (Å²) in [5.41, 5.74) is 3.74. The molecule has 2 heterocycles. The predicted octanol–water partition coefficient (Wildman–Crippen LogP) is 2.25. The van der Waals surface area contributed by atoms with Gasteiger partial charge in [0.25, 0.3) is 5.91 Å². The molecule has 1 aromatic carbocycles. The largest absolute Gasteiger partial charge is 0.348 e. The number of rotatable bonds is 5. The van der Waals surface area contributed by atoms with Crippen LogP contribution in [0.15, 0.2) is 30.5 Å². The van der Waals surface area contributed by atoms with Gasteiger partial charge in [0.05, 0.1) is 0 Å². The van der Waals surface area contributed by atoms with E-state index in [4.69, 9.17) is 0 Å². The van der Waals surface area contributed by atoms with Crippen molar-refractivity contribution >= 4 is 5.91 Å². The third kappa shape index (κ3) is 3.79. The zero-order valence-electron chi connectivity index (χ0n) is 13.8. The van der Waals surface area contributed by atoms with E-state index in [0.29, 0.717) is 18.3 Å². The highest BCUT2D eigenvalue weighted by atomic mass is 16.2. The number of imidazole rings is 1. The normalized spacial score (nSPS) is 18.3. The smallest absolute Gasteiger partial charge is 0.287 e. The van der Waals surface area contributed by atoms with E-state index in [0.717, 1.165) is 25.3 Å². The highest BCUT2D eigenvalue weighted by Crippen LogP contribution is 2.28. The number of H-pyrrole nitrogens is 1. The fraction of sp³-hybridized carbons (Fsp3) is 0.444. The second kappa shape index (κ2) is 6.96. The van der Waals surface area contributed by atoms with E-state index in [1.165, 1.54) is 17.5 Å². The van der Waals surface area contributed by atoms with Gasteiger partial charge < -0.3 is 15.2 Å². The molecule has 122 valence electrons. The van der Waals surface area contributed by atoms with Crippen molar-refractivity contribution in [2.24, 2.45) is 0 Å². The molecule has 1 unspecified atom stereocenters. The van der Waals surface area contributed by atoms with Gasteiger partial charge in [-0.1, -0.05) is 24.3 Å². The number of aromatic amines is 1. The monoisotopic (exact) mass is 312 g/mol. The van der Waals surface area contributed by atoms with Gasteiger partial charge in [0, 0.05) is 31.5 Å². The van der Waals surface area contributed by atoms with Crippen LogP contribution in [0, 0.1) is 13.8 Å². The molecule has 3 rings (SSSR count). The minimum Gasteiger partial charge on any atom is -0.348 e. The molecule has 23 heavy (non-hydrogen) atoms. The van der Waals surface area contributed by atoms with Crippen molar-refractivity contribution in [2.45, 2.75) is 26.2 Å². The lowest BCUT2D eigenvalue weighted by Crippen LogP contribution is -2.34. The van der Waals surface area contributed by atoms with E-state index in [9.17, 15) is 4.79 Å². The topological polar surface area (TPSA) is 61.0 Å². The maximum atomic E-state index is 11.9. The predicted molar refractivity (Wildman–Crippen MR) is 90.6 cm³/mol. The second-order valence-corrected chi connectivity index (χ2v) is 6.31. The second-order valence-electron chi connectivity index (χ2n) is 6.31. The summed E-state index contributed by atoms with van der Waals surface area (Å²) in [6.45, 7) is 7.77. The number of nitrogens with one attached hydrogen (secondary N) is 2. The Labute approximate surface area is 137 Å². The first-order valence-corrected chi connectivity index (χ1v) is 8.21. The molecule has 1 aliphatic heterocycles. The molecule has 1 saturated heterocycles. The number of carbonyl (C=O) groups is 1. The molecular formula is C18H24N4O. The lowest BCUT2D eigenvalue weighted by molar-refractivity contribution is 0.0940. The van der Waals surface area contributed by atoms with Crippen molar-refractivity contribution in [1.29, 1.82) is 0 Å². The molecule has 2 N–H and O–H groups in total. The molecule has 0 aliphatic carbocycles. The lowest BCUT2D eigenvalue weighted by atomic mass is 9.94. The quantitative estimate of drug-likeness (QED) is 0.890. The Bertz CT molecular complexity index is 679. The van der Waals surface area contributed by atoms with E-state index in [-0.39, 0.29) is 5.91 Å². The fourth-order valence-corrected chi connectivity index (χ4v) is 3.27. The Hall–Kier alpha value is -2.14. The van der Waals surface area contributed by atoms with Gasteiger partial charge in [-0.3, -0.25) is 4.79 Å². The van der Waals surface area contributed by atoms with Crippen LogP contribution in [-0.2, 0) is 0 Å². The van der Waals surface area contributed by atoms with Gasteiger partial charge in [0.1, 0.15) is 0 Å². The van der Waals surface area contributed by atoms with Gasteiger partial charge >= 0.3 is 0 Å². The van der Waals surface area contributed by atoms with Gasteiger partial charge in [0.2, 0.25) is 0 Å². The average molecular weight is 312 g/mol. The number of likely N-dealkylation sites (tertiary alicyclic amines) is 1. The molecule has 1 atom stereocenters. The van der Waals surface area contributed by atoms with Crippen LogP contribution in [0.5, 0.6) is 0 Å². The van der Waals surface area contributed by atoms with Crippen molar-refractivity contribution in [3.05, 3.63) is 53.1 Å². The molecule has 5 heteroatoms. The summed E-state index contributed by atoms with van der Waals surface area (Å²) in [5.74, 6) is 0.870. The lowest BCUT2D eigenvalue weighted by Gasteiger charge is -2.17. The van der Waals surface area contributed by atoms with Crippen LogP contribution in [0.3, 0.4) is 0 Å². The number of aromatic nitrogens is 2. The molecule has 1 amide bonds. The molecule has 1 aliphatic rings. The number of hydrogen-bond donors (Lipinski definition) is 2. The van der Waals surface area contributed by atoms with Gasteiger partial charge in [-0.25, -0.2) is 4.98 Å². The summed E-state index contributed by atoms with van der Waals surface area (Å²) in [6.07, 6.45) is 2.86. The standard InChI is InChI=1S/C18H24N4O/c1-13-5-3-4-6-16(13)15-7-9-22(12-15)10-8-19-18(23)17-20-11-14(2)21-17/h3-6,11,15H,7-10,12H2,1-2H3,(H,19,23)(H,20,21). The number of amides is 1. The summed E-state index contributed by atoms with van der Waals surface area (Å²) in [4.78, 5) is 21.4. The summed E-state index contributed by atoms with van der Waals surface area (Å²) < 4.78 is 0. The van der Waals surface area contributed by atoms with E-state index in [1.54, 1.807) is 6.20 Å². The zero-order chi connectivity index (χ0) is 16.2. The highest BCUT2D eigenvalue weighted by Gasteiger charge is 2.24. The third-order valence-corrected chi connectivity index (χ3v) is 4.53. The number of aryl methyl sites for hydroxylation is 2. The first-order chi connectivity index (χ1) is 11.1. The van der Waals surface area contributed by atoms with Crippen LogP contribution in [0.2, 0.25) is 0 Å². The van der Waals surface area contributed by atoms with Crippen LogP contribution < -0.4 is 5.32 Å². The summed E-state index contributed by atoms with van der Waals surface area (Å²) >= 11 is 0. The molecule has 1 aromatic heterocycles. The Morgan fingerprint density at radius 3 is 2.96 bits per heavy atom. The van der Waals surface area contributed by atoms with Crippen LogP contribution in [-0.4, -0.2) is 47.0 Å². The van der Waals surface area contributed by atoms with Crippen molar-refractivity contribution in [2.75, 3.05) is 26.2 Å². The maximum Gasteiger partial charge on any atom is 0.287 e. The van der Waals surface area contributed by atoms with Gasteiger partial charge in [0.15, 0.2) is 5.82 Å². The molecule has 0 spiro atoms. The van der Waals surface area contributed by atoms with Crippen molar-refractivity contribution in [3.63, 3.8) is 0 Å². The van der Waals surface area contributed by atoms with Crippen LogP contribution in [0.1, 0.15) is 39.8 Å². The number of nitrogens with zero attached hydrogens (tertiary/aromatic N) is 2. The molecule has 0 radical (unpaired) electrons. The van der Waals surface area contributed by atoms with Crippen molar-refractivity contribution in [1.82, 2.24) is 20.2 Å². The summed E-state index contributed by atoms with van der Waals surface area (Å²) in [5, 5.41) is 2.93. The first-order valence-electron chi connectivity index (χ1n) is 8.21. The third-order valence-electron chi connectivity index (χ3n) is 4.53. The first kappa shape index (κ1) is 15.7. The molecule has 0 bridgehead atoms. The minimum atomic E-state index is -0.132. The zero-order valence-corrected chi connectivity index (χ0v) is 13.8. The maximum absolute atomic E-state index is 11.9. The molecule has 1 fully saturated rings. The van der Waals surface area contributed by atoms with Gasteiger partial charge in [-0.2, -0.15) is 0 Å². The summed E-state index contributed by atoms with van der Waals surface area (Å²) in [6, 6.07) is 8.64. The minimum absolute atomic E-state index is 0.132. The number of benzene rings is 1. The molecular weight excluding hydrogens is 288 g/mol. The molecule has 0 saturated carbocycles. The Balaban J connectivity index is 1.45. The van der Waals surface area contributed by atoms with E-state index in [2.05, 4.69) is 51.4 Å². The average Bonchev–Trinajstić information content (AvgIpc) is 3.17. The number of hydrogen-bond acceptors (Lipinski definition) is 3. The van der Waals surface area contributed by atoms with Crippen molar-refractivity contribution in [3.8, 4) is 0 Å². The van der Waals surface area contributed by atoms with Crippen molar-refractivity contribution < 1.29 is 4.79 Å². The Morgan fingerprint density at radius 2 is 2.22 bits per heavy atom. The van der Waals surface area contributed by atoms with Gasteiger partial charge in [-0.15, -0.1) is 0 Å². The molecule has 2 aromatic rings. The highest BCUT2D eigenvalue weighted by molar-refractivity contribution is 5.90. The van der Waals surface area contributed by atoms with Gasteiger partial charge in [-0.05, 0) is 43.9 Å². The van der Waals surface area contributed by atoms with E-state index in [1.807, 2.05) is 6.92 Å². The number of carbonyl (C=O) groups excluding carboxylic acids is 1. The Kier molecular flexibility index (Phi) is 4.76. The SMILES string of the molecule is Cc1cnc(C(=O)NCCN2CCC(c3ccccc3C)C2)[nH]1. The van der Waals surface area contributed by atoms with Crippen LogP contribution in [0.4, 0.5) is 0 Å². The molecule has 5 nitrogen and oxygen atoms in total. The fourth-order valence-electron chi connectivity index (χ4n) is 3.27. The van der Waals surface area contributed by atoms with Crippen LogP contribution in [0.25, 0.3) is 0 Å². The summed E-state index contributed by atoms with van der Waals surface area (Å²) in [7, 11) is 0.